The molecular weight excluding hydrogens is 200 g/mol. The summed E-state index contributed by atoms with van der Waals surface area (Å²) in [6, 6.07) is 5.61. The van der Waals surface area contributed by atoms with Crippen molar-refractivity contribution < 1.29 is 0 Å². The summed E-state index contributed by atoms with van der Waals surface area (Å²) in [6.07, 6.45) is 0. The van der Waals surface area contributed by atoms with Crippen molar-refractivity contribution in [1.82, 2.24) is 0 Å². The molecule has 0 bridgehead atoms. The maximum absolute atomic E-state index is 5.77. The highest BCUT2D eigenvalue weighted by Gasteiger charge is 2.04. The molecule has 0 saturated carbocycles. The van der Waals surface area contributed by atoms with Crippen molar-refractivity contribution >= 4 is 40.6 Å². The van der Waals surface area contributed by atoms with Crippen LogP contribution in [0.15, 0.2) is 31.2 Å². The first-order chi connectivity index (χ1) is 5.36. The van der Waals surface area contributed by atoms with Crippen molar-refractivity contribution in [2.75, 3.05) is 0 Å². The summed E-state index contributed by atoms with van der Waals surface area (Å²) >= 11 is 8.40. The Balaban J connectivity index is 2.62. The molecule has 0 N–H and O–H groups in total. The van der Waals surface area contributed by atoms with Crippen LogP contribution in [0.4, 0.5) is 5.69 Å². The Morgan fingerprint density at radius 1 is 1.36 bits per heavy atom. The van der Waals surface area contributed by atoms with E-state index in [0.29, 0.717) is 0 Å². The molecular formula is C6H3ClN2S2. The number of rotatable bonds is 0. The van der Waals surface area contributed by atoms with Crippen LogP contribution >= 0.6 is 23.5 Å². The number of nitrogens with zero attached hydrogens (tertiary/aromatic N) is 2. The fourth-order valence-electron chi connectivity index (χ4n) is 0.757. The van der Waals surface area contributed by atoms with Gasteiger partial charge in [-0.1, -0.05) is 11.6 Å². The third-order valence-corrected chi connectivity index (χ3v) is 2.85. The predicted octanol–water partition coefficient (Wildman–Crippen LogP) is 3.44. The van der Waals surface area contributed by atoms with E-state index in [-0.39, 0.29) is 0 Å². The summed E-state index contributed by atoms with van der Waals surface area (Å²) in [5.74, 6) is 0. The van der Waals surface area contributed by atoms with E-state index in [4.69, 9.17) is 11.6 Å². The Kier molecular flexibility index (Phi) is 1.98. The van der Waals surface area contributed by atoms with E-state index in [2.05, 4.69) is 8.13 Å². The molecule has 0 atom stereocenters. The van der Waals surface area contributed by atoms with Gasteiger partial charge in [-0.05, 0) is 18.2 Å². The second-order valence-corrected chi connectivity index (χ2v) is 3.95. The van der Waals surface area contributed by atoms with Gasteiger partial charge in [0.15, 0.2) is 0 Å². The molecule has 0 saturated heterocycles. The highest BCUT2D eigenvalue weighted by atomic mass is 35.5. The molecule has 0 radical (unpaired) electrons. The lowest BCUT2D eigenvalue weighted by atomic mass is 10.3. The first-order valence-corrected chi connectivity index (χ1v) is 4.78. The molecule has 1 aliphatic rings. The standard InChI is InChI=1S/C6H3ClN2S2/c7-4-1-2-6-5(3-4)8-11-9-10-6/h1-3H. The van der Waals surface area contributed by atoms with Gasteiger partial charge in [0.25, 0.3) is 0 Å². The van der Waals surface area contributed by atoms with Gasteiger partial charge in [0.2, 0.25) is 0 Å². The molecule has 0 spiro atoms. The molecule has 0 unspecified atom stereocenters. The molecule has 1 heterocycles. The van der Waals surface area contributed by atoms with E-state index in [9.17, 15) is 0 Å². The highest BCUT2D eigenvalue weighted by molar-refractivity contribution is 8.01. The average Bonchev–Trinajstić information content (AvgIpc) is 2.04. The largest absolute Gasteiger partial charge is 0.173 e. The van der Waals surface area contributed by atoms with Gasteiger partial charge in [0.1, 0.15) is 0 Å². The second-order valence-electron chi connectivity index (χ2n) is 1.95. The van der Waals surface area contributed by atoms with E-state index < -0.39 is 0 Å². The quantitative estimate of drug-likeness (QED) is 0.592. The van der Waals surface area contributed by atoms with Crippen LogP contribution in [0.5, 0.6) is 0 Å². The zero-order valence-corrected chi connectivity index (χ0v) is 7.71. The molecule has 0 amide bonds. The topological polar surface area (TPSA) is 24.7 Å². The van der Waals surface area contributed by atoms with E-state index in [1.54, 1.807) is 0 Å². The molecule has 2 rings (SSSR count). The van der Waals surface area contributed by atoms with Crippen LogP contribution in [0.1, 0.15) is 0 Å². The van der Waals surface area contributed by atoms with Crippen LogP contribution in [0.3, 0.4) is 0 Å². The van der Waals surface area contributed by atoms with Gasteiger partial charge in [-0.3, -0.25) is 0 Å². The molecule has 5 heteroatoms. The Bertz CT molecular complexity index is 358. The second kappa shape index (κ2) is 2.97. The van der Waals surface area contributed by atoms with Gasteiger partial charge in [-0.2, -0.15) is 4.36 Å². The van der Waals surface area contributed by atoms with Crippen LogP contribution in [0.2, 0.25) is 5.02 Å². The van der Waals surface area contributed by atoms with Crippen LogP contribution in [-0.4, -0.2) is 0 Å². The summed E-state index contributed by atoms with van der Waals surface area (Å²) < 4.78 is 8.07. The normalized spacial score (nSPS) is 13.9. The minimum absolute atomic E-state index is 0.718. The van der Waals surface area contributed by atoms with Crippen molar-refractivity contribution in [3.63, 3.8) is 0 Å². The maximum atomic E-state index is 5.77. The molecule has 1 aromatic rings. The monoisotopic (exact) mass is 202 g/mol. The predicted molar refractivity (Wildman–Crippen MR) is 49.2 cm³/mol. The smallest absolute Gasteiger partial charge is 0.0945 e. The molecule has 0 fully saturated rings. The SMILES string of the molecule is Clc1ccc2c(c1)N=S=NS2. The van der Waals surface area contributed by atoms with Gasteiger partial charge < -0.3 is 0 Å². The lowest BCUT2D eigenvalue weighted by Crippen LogP contribution is -1.74. The highest BCUT2D eigenvalue weighted by Crippen LogP contribution is 2.34. The van der Waals surface area contributed by atoms with Crippen LogP contribution in [-0.2, 0) is 11.4 Å². The third kappa shape index (κ3) is 1.47. The van der Waals surface area contributed by atoms with Crippen LogP contribution in [0.25, 0.3) is 0 Å². The van der Waals surface area contributed by atoms with Gasteiger partial charge in [-0.15, -0.1) is 3.77 Å². The Morgan fingerprint density at radius 2 is 2.27 bits per heavy atom. The average molecular weight is 203 g/mol. The Labute approximate surface area is 77.0 Å². The van der Waals surface area contributed by atoms with Crippen molar-refractivity contribution in [1.29, 1.82) is 0 Å². The molecule has 1 aromatic carbocycles. The third-order valence-electron chi connectivity index (χ3n) is 1.23. The number of hydrogen-bond donors (Lipinski definition) is 0. The summed E-state index contributed by atoms with van der Waals surface area (Å²) in [5, 5.41) is 0.718. The molecule has 2 nitrogen and oxygen atoms in total. The van der Waals surface area contributed by atoms with Crippen molar-refractivity contribution in [2.45, 2.75) is 4.90 Å². The van der Waals surface area contributed by atoms with Gasteiger partial charge in [0, 0.05) is 17.0 Å². The van der Waals surface area contributed by atoms with Crippen molar-refractivity contribution in [3.8, 4) is 0 Å². The summed E-state index contributed by atoms with van der Waals surface area (Å²) in [6.45, 7) is 0. The number of hydrogen-bond acceptors (Lipinski definition) is 3. The first-order valence-electron chi connectivity index (χ1n) is 2.90. The fraction of sp³-hybridized carbons (Fsp3) is 0. The number of fused-ring (bicyclic) bond motifs is 1. The lowest BCUT2D eigenvalue weighted by Gasteiger charge is -2.01. The zero-order valence-electron chi connectivity index (χ0n) is 5.32. The summed E-state index contributed by atoms with van der Waals surface area (Å²) in [4.78, 5) is 1.06. The lowest BCUT2D eigenvalue weighted by molar-refractivity contribution is 1.39. The molecule has 0 aromatic heterocycles. The molecule has 56 valence electrons. The summed E-state index contributed by atoms with van der Waals surface area (Å²) in [7, 11) is 0. The molecule has 1 aliphatic heterocycles. The van der Waals surface area contributed by atoms with Gasteiger partial charge in [-0.25, -0.2) is 0 Å². The number of halogens is 1. The van der Waals surface area contributed by atoms with Crippen molar-refractivity contribution in [3.05, 3.63) is 23.2 Å². The van der Waals surface area contributed by atoms with Crippen molar-refractivity contribution in [2.24, 2.45) is 8.13 Å². The fourth-order valence-corrected chi connectivity index (χ4v) is 2.13. The van der Waals surface area contributed by atoms with Crippen LogP contribution < -0.4 is 0 Å². The van der Waals surface area contributed by atoms with E-state index in [0.717, 1.165) is 15.6 Å². The number of benzene rings is 1. The van der Waals surface area contributed by atoms with E-state index in [1.807, 2.05) is 18.2 Å². The Morgan fingerprint density at radius 3 is 3.18 bits per heavy atom. The van der Waals surface area contributed by atoms with Crippen LogP contribution in [0, 0.1) is 0 Å². The van der Waals surface area contributed by atoms with Gasteiger partial charge in [0.05, 0.1) is 21.9 Å². The van der Waals surface area contributed by atoms with Gasteiger partial charge >= 0.3 is 0 Å². The Hall–Kier alpha value is -0.320. The van der Waals surface area contributed by atoms with E-state index >= 15 is 0 Å². The minimum atomic E-state index is 0.718. The molecule has 11 heavy (non-hydrogen) atoms. The maximum Gasteiger partial charge on any atom is 0.0945 e. The molecule has 0 aliphatic carbocycles. The minimum Gasteiger partial charge on any atom is -0.173 e. The first kappa shape index (κ1) is 7.34. The van der Waals surface area contributed by atoms with E-state index in [1.165, 1.54) is 23.3 Å². The zero-order chi connectivity index (χ0) is 7.68. The summed E-state index contributed by atoms with van der Waals surface area (Å²) in [5.41, 5.74) is 0.919.